The smallest absolute Gasteiger partial charge is 0.320 e. The number of urea groups is 1. The second-order valence-corrected chi connectivity index (χ2v) is 6.90. The van der Waals surface area contributed by atoms with Crippen molar-refractivity contribution in [3.8, 4) is 0 Å². The minimum absolute atomic E-state index is 0.0623. The van der Waals surface area contributed by atoms with Gasteiger partial charge in [-0.1, -0.05) is 0 Å². The zero-order valence-corrected chi connectivity index (χ0v) is 12.9. The van der Waals surface area contributed by atoms with E-state index < -0.39 is 5.97 Å². The van der Waals surface area contributed by atoms with Crippen LogP contribution in [-0.2, 0) is 11.2 Å². The van der Waals surface area contributed by atoms with Gasteiger partial charge in [-0.15, -0.1) is 11.3 Å². The van der Waals surface area contributed by atoms with Gasteiger partial charge in [-0.3, -0.25) is 4.79 Å². The number of carboxylic acids is 1. The molecule has 2 amide bonds. The van der Waals surface area contributed by atoms with E-state index in [0.29, 0.717) is 13.1 Å². The maximum absolute atomic E-state index is 12.7. The van der Waals surface area contributed by atoms with Crippen molar-refractivity contribution in [1.29, 1.82) is 0 Å². The average molecular weight is 308 g/mol. The number of likely N-dealkylation sites (tertiary alicyclic amines) is 1. The van der Waals surface area contributed by atoms with E-state index in [9.17, 15) is 9.59 Å². The fourth-order valence-electron chi connectivity index (χ4n) is 3.37. The molecule has 2 atom stereocenters. The lowest BCUT2D eigenvalue weighted by Gasteiger charge is -2.36. The van der Waals surface area contributed by atoms with Crippen LogP contribution in [0.3, 0.4) is 0 Å². The van der Waals surface area contributed by atoms with Crippen LogP contribution >= 0.6 is 11.3 Å². The zero-order valence-electron chi connectivity index (χ0n) is 12.1. The SMILES string of the molecule is CC1c2ccsc2CCN1C(=O)N1CCC(CC(=O)O)C1. The van der Waals surface area contributed by atoms with Crippen molar-refractivity contribution in [2.75, 3.05) is 19.6 Å². The molecule has 1 saturated heterocycles. The summed E-state index contributed by atoms with van der Waals surface area (Å²) in [4.78, 5) is 28.6. The van der Waals surface area contributed by atoms with Gasteiger partial charge < -0.3 is 14.9 Å². The zero-order chi connectivity index (χ0) is 15.0. The summed E-state index contributed by atoms with van der Waals surface area (Å²) < 4.78 is 0. The highest BCUT2D eigenvalue weighted by molar-refractivity contribution is 7.10. The minimum Gasteiger partial charge on any atom is -0.481 e. The van der Waals surface area contributed by atoms with Crippen molar-refractivity contribution in [2.24, 2.45) is 5.92 Å². The Morgan fingerprint density at radius 1 is 1.43 bits per heavy atom. The normalized spacial score (nSPS) is 25.0. The van der Waals surface area contributed by atoms with Crippen LogP contribution in [0, 0.1) is 5.92 Å². The van der Waals surface area contributed by atoms with E-state index in [1.54, 1.807) is 11.3 Å². The van der Waals surface area contributed by atoms with Crippen molar-refractivity contribution in [1.82, 2.24) is 9.80 Å². The maximum atomic E-state index is 12.7. The number of hydrogen-bond donors (Lipinski definition) is 1. The van der Waals surface area contributed by atoms with E-state index in [-0.39, 0.29) is 24.4 Å². The first-order chi connectivity index (χ1) is 10.1. The number of nitrogens with zero attached hydrogens (tertiary/aromatic N) is 2. The Morgan fingerprint density at radius 3 is 3.00 bits per heavy atom. The summed E-state index contributed by atoms with van der Waals surface area (Å²) in [5.74, 6) is -0.674. The molecule has 2 aliphatic rings. The molecule has 0 saturated carbocycles. The Kier molecular flexibility index (Phi) is 3.89. The van der Waals surface area contributed by atoms with E-state index in [1.165, 1.54) is 10.4 Å². The highest BCUT2D eigenvalue weighted by Crippen LogP contribution is 2.34. The summed E-state index contributed by atoms with van der Waals surface area (Å²) in [7, 11) is 0. The number of rotatable bonds is 2. The summed E-state index contributed by atoms with van der Waals surface area (Å²) in [5, 5.41) is 11.0. The molecule has 2 unspecified atom stereocenters. The molecule has 0 aromatic carbocycles. The van der Waals surface area contributed by atoms with Gasteiger partial charge in [0, 0.05) is 30.9 Å². The van der Waals surface area contributed by atoms with Crippen LogP contribution in [0.4, 0.5) is 4.79 Å². The number of amides is 2. The quantitative estimate of drug-likeness (QED) is 0.913. The van der Waals surface area contributed by atoms with Gasteiger partial charge in [0.2, 0.25) is 0 Å². The Labute approximate surface area is 128 Å². The van der Waals surface area contributed by atoms with Crippen molar-refractivity contribution in [3.05, 3.63) is 21.9 Å². The highest BCUT2D eigenvalue weighted by atomic mass is 32.1. The number of thiophene rings is 1. The summed E-state index contributed by atoms with van der Waals surface area (Å²) in [6, 6.07) is 2.29. The molecule has 1 N–H and O–H groups in total. The molecule has 0 bridgehead atoms. The van der Waals surface area contributed by atoms with Crippen molar-refractivity contribution in [2.45, 2.75) is 32.2 Å². The Balaban J connectivity index is 1.65. The molecule has 2 aliphatic heterocycles. The first-order valence-electron chi connectivity index (χ1n) is 7.40. The number of aliphatic carboxylic acids is 1. The summed E-state index contributed by atoms with van der Waals surface area (Å²) in [5.41, 5.74) is 1.26. The second kappa shape index (κ2) is 5.67. The molecular weight excluding hydrogens is 288 g/mol. The fraction of sp³-hybridized carbons (Fsp3) is 0.600. The molecule has 0 radical (unpaired) electrons. The Morgan fingerprint density at radius 2 is 2.24 bits per heavy atom. The lowest BCUT2D eigenvalue weighted by Crippen LogP contribution is -2.46. The minimum atomic E-state index is -0.774. The monoisotopic (exact) mass is 308 g/mol. The lowest BCUT2D eigenvalue weighted by molar-refractivity contribution is -0.138. The van der Waals surface area contributed by atoms with E-state index in [4.69, 9.17) is 5.11 Å². The molecule has 114 valence electrons. The topological polar surface area (TPSA) is 60.9 Å². The predicted octanol–water partition coefficient (Wildman–Crippen LogP) is 2.58. The third-order valence-electron chi connectivity index (χ3n) is 4.54. The standard InChI is InChI=1S/C15H20N2O3S/c1-10-12-4-7-21-13(12)3-6-17(10)15(20)16-5-2-11(9-16)8-14(18)19/h4,7,10-11H,2-3,5-6,8-9H2,1H3,(H,18,19). The fourth-order valence-corrected chi connectivity index (χ4v) is 4.34. The molecule has 3 heterocycles. The molecule has 6 heteroatoms. The van der Waals surface area contributed by atoms with Crippen LogP contribution < -0.4 is 0 Å². The number of carboxylic acid groups (broad SMARTS) is 1. The maximum Gasteiger partial charge on any atom is 0.320 e. The number of fused-ring (bicyclic) bond motifs is 1. The first kappa shape index (κ1) is 14.4. The molecule has 0 spiro atoms. The molecule has 1 aromatic heterocycles. The largest absolute Gasteiger partial charge is 0.481 e. The average Bonchev–Trinajstić information content (AvgIpc) is 3.06. The molecule has 21 heavy (non-hydrogen) atoms. The lowest BCUT2D eigenvalue weighted by atomic mass is 10.0. The second-order valence-electron chi connectivity index (χ2n) is 5.90. The van der Waals surface area contributed by atoms with Gasteiger partial charge in [0.1, 0.15) is 0 Å². The van der Waals surface area contributed by atoms with Crippen molar-refractivity contribution in [3.63, 3.8) is 0 Å². The molecule has 0 aliphatic carbocycles. The van der Waals surface area contributed by atoms with Crippen LogP contribution in [0.2, 0.25) is 0 Å². The van der Waals surface area contributed by atoms with Crippen LogP contribution in [0.5, 0.6) is 0 Å². The van der Waals surface area contributed by atoms with Gasteiger partial charge in [-0.05, 0) is 42.7 Å². The van der Waals surface area contributed by atoms with Gasteiger partial charge in [-0.2, -0.15) is 0 Å². The van der Waals surface area contributed by atoms with Crippen LogP contribution in [0.25, 0.3) is 0 Å². The van der Waals surface area contributed by atoms with Crippen molar-refractivity contribution >= 4 is 23.3 Å². The van der Waals surface area contributed by atoms with E-state index in [0.717, 1.165) is 19.4 Å². The van der Waals surface area contributed by atoms with Gasteiger partial charge >= 0.3 is 12.0 Å². The first-order valence-corrected chi connectivity index (χ1v) is 8.28. The van der Waals surface area contributed by atoms with Crippen molar-refractivity contribution < 1.29 is 14.7 Å². The Hall–Kier alpha value is -1.56. The number of hydrogen-bond acceptors (Lipinski definition) is 3. The number of carbonyl (C=O) groups excluding carboxylic acids is 1. The molecule has 5 nitrogen and oxygen atoms in total. The van der Waals surface area contributed by atoms with Gasteiger partial charge in [0.05, 0.1) is 6.04 Å². The molecule has 1 fully saturated rings. The van der Waals surface area contributed by atoms with Crippen LogP contribution in [0.1, 0.15) is 36.2 Å². The number of carbonyl (C=O) groups is 2. The van der Waals surface area contributed by atoms with E-state index in [2.05, 4.69) is 18.4 Å². The molecule has 1 aromatic rings. The van der Waals surface area contributed by atoms with Gasteiger partial charge in [0.25, 0.3) is 0 Å². The summed E-state index contributed by atoms with van der Waals surface area (Å²) >= 11 is 1.77. The molecule has 3 rings (SSSR count). The third kappa shape index (κ3) is 2.77. The highest BCUT2D eigenvalue weighted by Gasteiger charge is 2.34. The third-order valence-corrected chi connectivity index (χ3v) is 5.54. The summed E-state index contributed by atoms with van der Waals surface area (Å²) in [6.45, 7) is 4.09. The molecular formula is C15H20N2O3S. The van der Waals surface area contributed by atoms with Crippen LogP contribution in [0.15, 0.2) is 11.4 Å². The van der Waals surface area contributed by atoms with Gasteiger partial charge in [0.15, 0.2) is 0 Å². The van der Waals surface area contributed by atoms with E-state index >= 15 is 0 Å². The van der Waals surface area contributed by atoms with Crippen LogP contribution in [-0.4, -0.2) is 46.5 Å². The summed E-state index contributed by atoms with van der Waals surface area (Å²) in [6.07, 6.45) is 1.88. The van der Waals surface area contributed by atoms with Gasteiger partial charge in [-0.25, -0.2) is 4.79 Å². The Bertz CT molecular complexity index is 557. The van der Waals surface area contributed by atoms with E-state index in [1.807, 2.05) is 9.80 Å². The predicted molar refractivity (Wildman–Crippen MR) is 80.5 cm³/mol.